The van der Waals surface area contributed by atoms with Gasteiger partial charge in [0.15, 0.2) is 5.96 Å². The molecule has 0 aromatic heterocycles. The van der Waals surface area contributed by atoms with Crippen LogP contribution in [-0.2, 0) is 10.8 Å². The van der Waals surface area contributed by atoms with Gasteiger partial charge in [0.1, 0.15) is 0 Å². The zero-order valence-electron chi connectivity index (χ0n) is 13.7. The van der Waals surface area contributed by atoms with Crippen LogP contribution < -0.4 is 10.6 Å². The molecule has 0 amide bonds. The average molecular weight is 437 g/mol. The molecule has 0 saturated heterocycles. The molecule has 0 aliphatic rings. The predicted octanol–water partition coefficient (Wildman–Crippen LogP) is 3.01. The second-order valence-electron chi connectivity index (χ2n) is 5.23. The molecule has 6 heteroatoms. The van der Waals surface area contributed by atoms with Gasteiger partial charge in [-0.1, -0.05) is 32.0 Å². The fraction of sp³-hybridized carbons (Fsp3) is 0.562. The first-order valence-electron chi connectivity index (χ1n) is 7.59. The molecule has 2 N–H and O–H groups in total. The molecule has 22 heavy (non-hydrogen) atoms. The first-order chi connectivity index (χ1) is 10.1. The quantitative estimate of drug-likeness (QED) is 0.374. The molecule has 0 saturated carbocycles. The van der Waals surface area contributed by atoms with Gasteiger partial charge in [0.2, 0.25) is 0 Å². The molecule has 0 heterocycles. The molecule has 1 aromatic rings. The summed E-state index contributed by atoms with van der Waals surface area (Å²) in [5.41, 5.74) is 0. The van der Waals surface area contributed by atoms with Crippen LogP contribution in [0.1, 0.15) is 27.2 Å². The molecule has 1 aromatic carbocycles. The lowest BCUT2D eigenvalue weighted by atomic mass is 10.1. The molecule has 0 radical (unpaired) electrons. The van der Waals surface area contributed by atoms with Crippen molar-refractivity contribution in [3.63, 3.8) is 0 Å². The van der Waals surface area contributed by atoms with Crippen LogP contribution >= 0.6 is 24.0 Å². The number of nitrogens with one attached hydrogen (secondary N) is 2. The Balaban J connectivity index is 0.00000441. The second kappa shape index (κ2) is 12.9. The number of benzene rings is 1. The van der Waals surface area contributed by atoms with Gasteiger partial charge >= 0.3 is 0 Å². The Bertz CT molecular complexity index is 452. The lowest BCUT2D eigenvalue weighted by Gasteiger charge is -2.11. The first kappa shape index (κ1) is 21.4. The van der Waals surface area contributed by atoms with Crippen molar-refractivity contribution in [2.75, 3.05) is 25.4 Å². The minimum Gasteiger partial charge on any atom is -0.357 e. The summed E-state index contributed by atoms with van der Waals surface area (Å²) in [4.78, 5) is 5.39. The molecule has 1 unspecified atom stereocenters. The summed E-state index contributed by atoms with van der Waals surface area (Å²) in [7, 11) is -0.962. The standard InChI is InChI=1S/C16H27N3OS.HI/c1-4-17-16(18-11-10-14(2)3)19-12-13-21(20)15-8-6-5-7-9-15;/h5-9,14H,4,10-13H2,1-3H3,(H2,17,18,19);1H. The molecule has 1 atom stereocenters. The van der Waals surface area contributed by atoms with Crippen LogP contribution in [-0.4, -0.2) is 35.6 Å². The van der Waals surface area contributed by atoms with E-state index in [2.05, 4.69) is 29.5 Å². The third-order valence-electron chi connectivity index (χ3n) is 2.91. The molecular formula is C16H28IN3OS. The number of hydrogen-bond acceptors (Lipinski definition) is 2. The monoisotopic (exact) mass is 437 g/mol. The van der Waals surface area contributed by atoms with E-state index in [1.807, 2.05) is 37.3 Å². The summed E-state index contributed by atoms with van der Waals surface area (Å²) in [6, 6.07) is 9.57. The van der Waals surface area contributed by atoms with E-state index in [0.29, 0.717) is 18.2 Å². The van der Waals surface area contributed by atoms with E-state index < -0.39 is 10.8 Å². The molecule has 126 valence electrons. The van der Waals surface area contributed by atoms with Crippen molar-refractivity contribution in [3.05, 3.63) is 30.3 Å². The third-order valence-corrected chi connectivity index (χ3v) is 4.28. The van der Waals surface area contributed by atoms with E-state index in [1.54, 1.807) is 0 Å². The van der Waals surface area contributed by atoms with Crippen LogP contribution in [0, 0.1) is 5.92 Å². The van der Waals surface area contributed by atoms with E-state index in [9.17, 15) is 4.21 Å². The Hall–Kier alpha value is -0.630. The molecule has 0 fully saturated rings. The van der Waals surface area contributed by atoms with E-state index in [4.69, 9.17) is 0 Å². The Morgan fingerprint density at radius 3 is 2.50 bits per heavy atom. The fourth-order valence-electron chi connectivity index (χ4n) is 1.73. The number of guanidine groups is 1. The highest BCUT2D eigenvalue weighted by molar-refractivity contribution is 14.0. The van der Waals surface area contributed by atoms with Gasteiger partial charge in [0.05, 0.1) is 10.8 Å². The van der Waals surface area contributed by atoms with E-state index in [0.717, 1.165) is 30.4 Å². The molecule has 0 aliphatic heterocycles. The summed E-state index contributed by atoms with van der Waals surface area (Å²) in [5.74, 6) is 2.05. The normalized spacial score (nSPS) is 12.6. The van der Waals surface area contributed by atoms with E-state index in [-0.39, 0.29) is 24.0 Å². The van der Waals surface area contributed by atoms with Crippen molar-refractivity contribution in [3.8, 4) is 0 Å². The van der Waals surface area contributed by atoms with Gasteiger partial charge in [-0.3, -0.25) is 9.20 Å². The molecular weight excluding hydrogens is 409 g/mol. The zero-order valence-corrected chi connectivity index (χ0v) is 16.8. The van der Waals surface area contributed by atoms with Crippen LogP contribution in [0.5, 0.6) is 0 Å². The maximum atomic E-state index is 12.1. The van der Waals surface area contributed by atoms with Gasteiger partial charge < -0.3 is 10.6 Å². The maximum absolute atomic E-state index is 12.1. The predicted molar refractivity (Wildman–Crippen MR) is 107 cm³/mol. The lowest BCUT2D eigenvalue weighted by molar-refractivity contribution is 0.594. The molecule has 0 aliphatic carbocycles. The summed E-state index contributed by atoms with van der Waals surface area (Å²) in [6.07, 6.45) is 1.08. The van der Waals surface area contributed by atoms with Crippen LogP contribution in [0.2, 0.25) is 0 Å². The van der Waals surface area contributed by atoms with Gasteiger partial charge in [0, 0.05) is 30.3 Å². The first-order valence-corrected chi connectivity index (χ1v) is 8.91. The molecule has 1 rings (SSSR count). The maximum Gasteiger partial charge on any atom is 0.191 e. The summed E-state index contributed by atoms with van der Waals surface area (Å²) in [5, 5.41) is 6.45. The van der Waals surface area contributed by atoms with Crippen LogP contribution in [0.15, 0.2) is 40.2 Å². The van der Waals surface area contributed by atoms with Crippen LogP contribution in [0.4, 0.5) is 0 Å². The highest BCUT2D eigenvalue weighted by Gasteiger charge is 2.03. The largest absolute Gasteiger partial charge is 0.357 e. The van der Waals surface area contributed by atoms with Gasteiger partial charge in [-0.05, 0) is 31.4 Å². The smallest absolute Gasteiger partial charge is 0.191 e. The highest BCUT2D eigenvalue weighted by Crippen LogP contribution is 2.04. The number of rotatable bonds is 8. The van der Waals surface area contributed by atoms with Crippen molar-refractivity contribution < 1.29 is 4.21 Å². The highest BCUT2D eigenvalue weighted by atomic mass is 127. The van der Waals surface area contributed by atoms with E-state index >= 15 is 0 Å². The Morgan fingerprint density at radius 1 is 1.23 bits per heavy atom. The fourth-order valence-corrected chi connectivity index (χ4v) is 2.71. The second-order valence-corrected chi connectivity index (χ2v) is 6.80. The molecule has 0 spiro atoms. The zero-order chi connectivity index (χ0) is 15.5. The SMILES string of the molecule is CCNC(=NCCC(C)C)NCCS(=O)c1ccccc1.I. The number of aliphatic imine (C=N–C) groups is 1. The van der Waals surface area contributed by atoms with E-state index in [1.165, 1.54) is 0 Å². The van der Waals surface area contributed by atoms with Crippen molar-refractivity contribution in [1.82, 2.24) is 10.6 Å². The van der Waals surface area contributed by atoms with Crippen LogP contribution in [0.3, 0.4) is 0 Å². The third kappa shape index (κ3) is 9.40. The minimum absolute atomic E-state index is 0. The topological polar surface area (TPSA) is 53.5 Å². The summed E-state index contributed by atoms with van der Waals surface area (Å²) < 4.78 is 12.1. The number of nitrogens with zero attached hydrogens (tertiary/aromatic N) is 1. The van der Waals surface area contributed by atoms with Crippen LogP contribution in [0.25, 0.3) is 0 Å². The Labute approximate surface area is 154 Å². The van der Waals surface area contributed by atoms with Crippen molar-refractivity contribution >= 4 is 40.7 Å². The Morgan fingerprint density at radius 2 is 1.91 bits per heavy atom. The lowest BCUT2D eigenvalue weighted by Crippen LogP contribution is -2.39. The molecule has 0 bridgehead atoms. The van der Waals surface area contributed by atoms with Gasteiger partial charge in [-0.25, -0.2) is 0 Å². The van der Waals surface area contributed by atoms with Crippen molar-refractivity contribution in [2.45, 2.75) is 32.1 Å². The average Bonchev–Trinajstić information content (AvgIpc) is 2.47. The number of hydrogen-bond donors (Lipinski definition) is 2. The minimum atomic E-state index is -0.962. The van der Waals surface area contributed by atoms with Gasteiger partial charge in [0.25, 0.3) is 0 Å². The van der Waals surface area contributed by atoms with Gasteiger partial charge in [-0.2, -0.15) is 0 Å². The summed E-state index contributed by atoms with van der Waals surface area (Å²) >= 11 is 0. The summed E-state index contributed by atoms with van der Waals surface area (Å²) in [6.45, 7) is 8.72. The Kier molecular flexibility index (Phi) is 12.5. The van der Waals surface area contributed by atoms with Crippen molar-refractivity contribution in [2.24, 2.45) is 10.9 Å². The number of halogens is 1. The van der Waals surface area contributed by atoms with Crippen molar-refractivity contribution in [1.29, 1.82) is 0 Å². The molecule has 4 nitrogen and oxygen atoms in total. The van der Waals surface area contributed by atoms with Gasteiger partial charge in [-0.15, -0.1) is 24.0 Å².